The molecule has 126 valence electrons. The standard InChI is InChI=1S/C16H18ClN5O2/c17-13-3-1-2-12(10-13)11-19-14-4-5-18-15(20-14)21-6-8-22(9-7-21)16(23)24/h1-5,10H,6-9,11H2,(H,23,24)(H,18,19,20). The number of nitrogens with zero attached hydrogens (tertiary/aromatic N) is 4. The van der Waals surface area contributed by atoms with Crippen LogP contribution in [0.5, 0.6) is 0 Å². The molecule has 2 heterocycles. The van der Waals surface area contributed by atoms with E-state index in [2.05, 4.69) is 15.3 Å². The molecule has 1 aromatic carbocycles. The fourth-order valence-electron chi connectivity index (χ4n) is 2.54. The quantitative estimate of drug-likeness (QED) is 0.884. The number of hydrogen-bond donors (Lipinski definition) is 2. The molecule has 0 atom stereocenters. The third-order valence-corrected chi connectivity index (χ3v) is 4.07. The second kappa shape index (κ2) is 7.35. The minimum Gasteiger partial charge on any atom is -0.465 e. The maximum absolute atomic E-state index is 11.0. The van der Waals surface area contributed by atoms with Crippen LogP contribution in [0.15, 0.2) is 36.5 Å². The van der Waals surface area contributed by atoms with Gasteiger partial charge in [0.15, 0.2) is 0 Å². The molecular formula is C16H18ClN5O2. The van der Waals surface area contributed by atoms with Crippen molar-refractivity contribution in [1.29, 1.82) is 0 Å². The average molecular weight is 348 g/mol. The van der Waals surface area contributed by atoms with E-state index in [0.717, 1.165) is 11.4 Å². The van der Waals surface area contributed by atoms with Gasteiger partial charge in [0.2, 0.25) is 5.95 Å². The Labute approximate surface area is 144 Å². The molecule has 8 heteroatoms. The third-order valence-electron chi connectivity index (χ3n) is 3.84. The van der Waals surface area contributed by atoms with Crippen molar-refractivity contribution in [2.45, 2.75) is 6.54 Å². The summed E-state index contributed by atoms with van der Waals surface area (Å²) in [5.74, 6) is 1.33. The first-order valence-electron chi connectivity index (χ1n) is 7.66. The van der Waals surface area contributed by atoms with E-state index in [4.69, 9.17) is 16.7 Å². The Hall–Kier alpha value is -2.54. The van der Waals surface area contributed by atoms with E-state index in [0.29, 0.717) is 43.7 Å². The van der Waals surface area contributed by atoms with Gasteiger partial charge < -0.3 is 20.2 Å². The van der Waals surface area contributed by atoms with E-state index in [1.54, 1.807) is 6.20 Å². The van der Waals surface area contributed by atoms with Gasteiger partial charge in [0.25, 0.3) is 0 Å². The number of benzene rings is 1. The molecule has 24 heavy (non-hydrogen) atoms. The second-order valence-corrected chi connectivity index (χ2v) is 5.92. The van der Waals surface area contributed by atoms with Gasteiger partial charge in [0.1, 0.15) is 5.82 Å². The molecule has 0 saturated carbocycles. The summed E-state index contributed by atoms with van der Waals surface area (Å²) in [4.78, 5) is 23.1. The molecule has 1 aromatic heterocycles. The van der Waals surface area contributed by atoms with Crippen molar-refractivity contribution in [2.75, 3.05) is 36.4 Å². The molecule has 7 nitrogen and oxygen atoms in total. The van der Waals surface area contributed by atoms with Crippen LogP contribution in [0.2, 0.25) is 5.02 Å². The van der Waals surface area contributed by atoms with Gasteiger partial charge in [-0.2, -0.15) is 4.98 Å². The zero-order chi connectivity index (χ0) is 16.9. The lowest BCUT2D eigenvalue weighted by atomic mass is 10.2. The Kier molecular flexibility index (Phi) is 5.00. The Morgan fingerprint density at radius 2 is 2.04 bits per heavy atom. The lowest BCUT2D eigenvalue weighted by Crippen LogP contribution is -2.48. The van der Waals surface area contributed by atoms with Crippen LogP contribution in [0.4, 0.5) is 16.6 Å². The smallest absolute Gasteiger partial charge is 0.407 e. The highest BCUT2D eigenvalue weighted by Gasteiger charge is 2.21. The fraction of sp³-hybridized carbons (Fsp3) is 0.312. The van der Waals surface area contributed by atoms with Gasteiger partial charge in [-0.25, -0.2) is 9.78 Å². The molecule has 3 rings (SSSR count). The first kappa shape index (κ1) is 16.3. The molecule has 1 aliphatic heterocycles. The summed E-state index contributed by atoms with van der Waals surface area (Å²) in [6.07, 6.45) is 0.819. The van der Waals surface area contributed by atoms with Gasteiger partial charge in [0, 0.05) is 43.9 Å². The first-order chi connectivity index (χ1) is 11.6. The lowest BCUT2D eigenvalue weighted by Gasteiger charge is -2.33. The van der Waals surface area contributed by atoms with Crippen molar-refractivity contribution < 1.29 is 9.90 Å². The van der Waals surface area contributed by atoms with Crippen LogP contribution in [0.1, 0.15) is 5.56 Å². The highest BCUT2D eigenvalue weighted by atomic mass is 35.5. The molecule has 2 aromatic rings. The molecule has 1 amide bonds. The van der Waals surface area contributed by atoms with E-state index < -0.39 is 6.09 Å². The van der Waals surface area contributed by atoms with Gasteiger partial charge in [0.05, 0.1) is 0 Å². The molecule has 1 fully saturated rings. The molecule has 1 aliphatic rings. The summed E-state index contributed by atoms with van der Waals surface area (Å²) in [5.41, 5.74) is 1.07. The molecule has 0 aliphatic carbocycles. The monoisotopic (exact) mass is 347 g/mol. The maximum atomic E-state index is 11.0. The van der Waals surface area contributed by atoms with Crippen LogP contribution >= 0.6 is 11.6 Å². The molecule has 0 radical (unpaired) electrons. The fourth-order valence-corrected chi connectivity index (χ4v) is 2.75. The van der Waals surface area contributed by atoms with Crippen molar-refractivity contribution >= 4 is 29.5 Å². The van der Waals surface area contributed by atoms with Gasteiger partial charge in [-0.15, -0.1) is 0 Å². The average Bonchev–Trinajstić information content (AvgIpc) is 2.60. The first-order valence-corrected chi connectivity index (χ1v) is 8.04. The SMILES string of the molecule is O=C(O)N1CCN(c2nccc(NCc3cccc(Cl)c3)n2)CC1. The Bertz CT molecular complexity index is 719. The molecule has 0 spiro atoms. The van der Waals surface area contributed by atoms with Crippen LogP contribution in [0.3, 0.4) is 0 Å². The Balaban J connectivity index is 1.61. The van der Waals surface area contributed by atoms with E-state index in [9.17, 15) is 4.79 Å². The van der Waals surface area contributed by atoms with Crippen molar-refractivity contribution in [3.8, 4) is 0 Å². The largest absolute Gasteiger partial charge is 0.465 e. The summed E-state index contributed by atoms with van der Waals surface area (Å²) in [5, 5.41) is 13.0. The molecule has 2 N–H and O–H groups in total. The third kappa shape index (κ3) is 4.05. The van der Waals surface area contributed by atoms with Crippen LogP contribution in [-0.4, -0.2) is 52.2 Å². The number of nitrogens with one attached hydrogen (secondary N) is 1. The van der Waals surface area contributed by atoms with Crippen LogP contribution in [-0.2, 0) is 6.54 Å². The van der Waals surface area contributed by atoms with Crippen molar-refractivity contribution in [3.63, 3.8) is 0 Å². The Morgan fingerprint density at radius 1 is 1.25 bits per heavy atom. The normalized spacial score (nSPS) is 14.5. The number of piperazine rings is 1. The van der Waals surface area contributed by atoms with Crippen molar-refractivity contribution in [2.24, 2.45) is 0 Å². The van der Waals surface area contributed by atoms with Gasteiger partial charge in [-0.05, 0) is 23.8 Å². The number of carbonyl (C=O) groups is 1. The van der Waals surface area contributed by atoms with Gasteiger partial charge in [-0.3, -0.25) is 0 Å². The summed E-state index contributed by atoms with van der Waals surface area (Å²) in [6, 6.07) is 9.45. The molecule has 0 bridgehead atoms. The predicted molar refractivity (Wildman–Crippen MR) is 92.6 cm³/mol. The van der Waals surface area contributed by atoms with E-state index >= 15 is 0 Å². The zero-order valence-electron chi connectivity index (χ0n) is 13.0. The van der Waals surface area contributed by atoms with Crippen molar-refractivity contribution in [1.82, 2.24) is 14.9 Å². The van der Waals surface area contributed by atoms with E-state index in [-0.39, 0.29) is 0 Å². The van der Waals surface area contributed by atoms with Crippen molar-refractivity contribution in [3.05, 3.63) is 47.1 Å². The number of rotatable bonds is 4. The second-order valence-electron chi connectivity index (χ2n) is 5.48. The van der Waals surface area contributed by atoms with Gasteiger partial charge in [-0.1, -0.05) is 23.7 Å². The highest BCUT2D eigenvalue weighted by molar-refractivity contribution is 6.30. The summed E-state index contributed by atoms with van der Waals surface area (Å²) in [6.45, 7) is 2.70. The number of hydrogen-bond acceptors (Lipinski definition) is 5. The summed E-state index contributed by atoms with van der Waals surface area (Å²) < 4.78 is 0. The minimum atomic E-state index is -0.882. The number of anilines is 2. The molecular weight excluding hydrogens is 330 g/mol. The predicted octanol–water partition coefficient (Wildman–Crippen LogP) is 2.54. The van der Waals surface area contributed by atoms with Crippen LogP contribution in [0, 0.1) is 0 Å². The van der Waals surface area contributed by atoms with E-state index in [1.165, 1.54) is 4.90 Å². The number of halogens is 1. The van der Waals surface area contributed by atoms with Crippen LogP contribution < -0.4 is 10.2 Å². The highest BCUT2D eigenvalue weighted by Crippen LogP contribution is 2.15. The van der Waals surface area contributed by atoms with E-state index in [1.807, 2.05) is 35.2 Å². The molecule has 1 saturated heterocycles. The number of amides is 1. The number of carboxylic acid groups (broad SMARTS) is 1. The number of aromatic nitrogens is 2. The lowest BCUT2D eigenvalue weighted by molar-refractivity contribution is 0.142. The molecule has 0 unspecified atom stereocenters. The minimum absolute atomic E-state index is 0.457. The topological polar surface area (TPSA) is 81.6 Å². The maximum Gasteiger partial charge on any atom is 0.407 e. The van der Waals surface area contributed by atoms with Crippen LogP contribution in [0.25, 0.3) is 0 Å². The van der Waals surface area contributed by atoms with Gasteiger partial charge >= 0.3 is 6.09 Å². The summed E-state index contributed by atoms with van der Waals surface area (Å²) in [7, 11) is 0. The zero-order valence-corrected chi connectivity index (χ0v) is 13.8. The summed E-state index contributed by atoms with van der Waals surface area (Å²) >= 11 is 5.98. The Morgan fingerprint density at radius 3 is 2.75 bits per heavy atom.